The lowest BCUT2D eigenvalue weighted by atomic mass is 10.0. The molecule has 0 spiro atoms. The summed E-state index contributed by atoms with van der Waals surface area (Å²) in [6.45, 7) is 0.360. The Morgan fingerprint density at radius 3 is 2.92 bits per heavy atom. The third-order valence-electron chi connectivity index (χ3n) is 4.49. The molecule has 25 heavy (non-hydrogen) atoms. The molecule has 2 N–H and O–H groups in total. The highest BCUT2D eigenvalue weighted by Gasteiger charge is 2.29. The minimum atomic E-state index is -3.22. The van der Waals surface area contributed by atoms with Crippen molar-refractivity contribution in [3.05, 3.63) is 48.5 Å². The minimum Gasteiger partial charge on any atom is -0.349 e. The average molecular weight is 362 g/mol. The van der Waals surface area contributed by atoms with E-state index in [2.05, 4.69) is 15.0 Å². The van der Waals surface area contributed by atoms with Crippen LogP contribution in [-0.4, -0.2) is 42.7 Å². The lowest BCUT2D eigenvalue weighted by Crippen LogP contribution is -2.41. The molecule has 0 aliphatic heterocycles. The van der Waals surface area contributed by atoms with E-state index >= 15 is 0 Å². The Morgan fingerprint density at radius 2 is 2.20 bits per heavy atom. The Morgan fingerprint density at radius 1 is 1.36 bits per heavy atom. The molecule has 0 radical (unpaired) electrons. The molecule has 1 aromatic heterocycles. The fraction of sp³-hybridized carbons (Fsp3) is 0.412. The van der Waals surface area contributed by atoms with Gasteiger partial charge in [-0.1, -0.05) is 12.5 Å². The molecule has 8 heteroatoms. The Labute approximate surface area is 147 Å². The van der Waals surface area contributed by atoms with Crippen LogP contribution in [0.2, 0.25) is 0 Å². The summed E-state index contributed by atoms with van der Waals surface area (Å²) in [5.74, 6) is -0.0197. The lowest BCUT2D eigenvalue weighted by Gasteiger charge is -2.21. The molecule has 1 heterocycles. The standard InChI is InChI=1S/C17H22N4O3S/c1-25(23,24)19-11-14-5-3-7-16(14)20-17(22)13-4-2-6-15(10-13)21-9-8-18-12-21/h2,4,6,8-10,12,14,16,19H,3,5,7,11H2,1H3,(H,20,22)/t14-,16+/m0/s1. The van der Waals surface area contributed by atoms with Crippen molar-refractivity contribution in [2.75, 3.05) is 12.8 Å². The van der Waals surface area contributed by atoms with Crippen molar-refractivity contribution >= 4 is 15.9 Å². The lowest BCUT2D eigenvalue weighted by molar-refractivity contribution is 0.0928. The number of rotatable bonds is 6. The van der Waals surface area contributed by atoms with Gasteiger partial charge in [-0.25, -0.2) is 18.1 Å². The van der Waals surface area contributed by atoms with Crippen LogP contribution in [0, 0.1) is 5.92 Å². The van der Waals surface area contributed by atoms with Crippen molar-refractivity contribution in [1.82, 2.24) is 19.6 Å². The molecule has 2 aromatic rings. The number of aromatic nitrogens is 2. The maximum absolute atomic E-state index is 12.6. The Kier molecular flexibility index (Phi) is 5.19. The van der Waals surface area contributed by atoms with Gasteiger partial charge in [0.15, 0.2) is 0 Å². The van der Waals surface area contributed by atoms with Gasteiger partial charge < -0.3 is 9.88 Å². The molecule has 7 nitrogen and oxygen atoms in total. The smallest absolute Gasteiger partial charge is 0.251 e. The Hall–Kier alpha value is -2.19. The second-order valence-electron chi connectivity index (χ2n) is 6.41. The molecule has 1 amide bonds. The van der Waals surface area contributed by atoms with Gasteiger partial charge in [-0.3, -0.25) is 4.79 Å². The zero-order valence-electron chi connectivity index (χ0n) is 14.1. The van der Waals surface area contributed by atoms with Crippen molar-refractivity contribution in [2.24, 2.45) is 5.92 Å². The van der Waals surface area contributed by atoms with Crippen LogP contribution in [0.1, 0.15) is 29.6 Å². The fourth-order valence-electron chi connectivity index (χ4n) is 3.20. The maximum Gasteiger partial charge on any atom is 0.251 e. The Bertz CT molecular complexity index is 833. The molecule has 0 saturated heterocycles. The van der Waals surface area contributed by atoms with Crippen LogP contribution >= 0.6 is 0 Å². The molecule has 1 saturated carbocycles. The molecular weight excluding hydrogens is 340 g/mol. The first-order valence-electron chi connectivity index (χ1n) is 8.26. The van der Waals surface area contributed by atoms with Gasteiger partial charge in [-0.15, -0.1) is 0 Å². The zero-order valence-corrected chi connectivity index (χ0v) is 14.9. The van der Waals surface area contributed by atoms with E-state index in [1.165, 1.54) is 0 Å². The van der Waals surface area contributed by atoms with Gasteiger partial charge in [-0.05, 0) is 37.0 Å². The number of hydrogen-bond donors (Lipinski definition) is 2. The number of carbonyl (C=O) groups excluding carboxylic acids is 1. The summed E-state index contributed by atoms with van der Waals surface area (Å²) < 4.78 is 26.9. The average Bonchev–Trinajstić information content (AvgIpc) is 3.24. The van der Waals surface area contributed by atoms with Gasteiger partial charge in [0, 0.05) is 36.2 Å². The van der Waals surface area contributed by atoms with Crippen LogP contribution in [0.3, 0.4) is 0 Å². The maximum atomic E-state index is 12.6. The van der Waals surface area contributed by atoms with Gasteiger partial charge in [0.1, 0.15) is 0 Å². The van der Waals surface area contributed by atoms with E-state index in [-0.39, 0.29) is 17.9 Å². The predicted molar refractivity (Wildman–Crippen MR) is 95.0 cm³/mol. The largest absolute Gasteiger partial charge is 0.349 e. The van der Waals surface area contributed by atoms with Crippen LogP contribution in [0.5, 0.6) is 0 Å². The summed E-state index contributed by atoms with van der Waals surface area (Å²) in [6, 6.07) is 7.32. The SMILES string of the molecule is CS(=O)(=O)NC[C@@H]1CCC[C@H]1NC(=O)c1cccc(-n2ccnc2)c1. The number of hydrogen-bond acceptors (Lipinski definition) is 4. The van der Waals surface area contributed by atoms with Crippen molar-refractivity contribution in [3.63, 3.8) is 0 Å². The molecule has 3 rings (SSSR count). The number of sulfonamides is 1. The van der Waals surface area contributed by atoms with Crippen molar-refractivity contribution in [1.29, 1.82) is 0 Å². The molecule has 134 valence electrons. The van der Waals surface area contributed by atoms with Gasteiger partial charge in [0.25, 0.3) is 5.91 Å². The number of carbonyl (C=O) groups is 1. The fourth-order valence-corrected chi connectivity index (χ4v) is 3.72. The van der Waals surface area contributed by atoms with Crippen LogP contribution < -0.4 is 10.0 Å². The van der Waals surface area contributed by atoms with Gasteiger partial charge in [-0.2, -0.15) is 0 Å². The van der Waals surface area contributed by atoms with Gasteiger partial charge >= 0.3 is 0 Å². The molecule has 1 fully saturated rings. The van der Waals surface area contributed by atoms with E-state index in [1.54, 1.807) is 18.6 Å². The number of imidazole rings is 1. The third-order valence-corrected chi connectivity index (χ3v) is 5.19. The van der Waals surface area contributed by atoms with E-state index < -0.39 is 10.0 Å². The first kappa shape index (κ1) is 17.6. The van der Waals surface area contributed by atoms with E-state index in [9.17, 15) is 13.2 Å². The molecule has 1 aromatic carbocycles. The van der Waals surface area contributed by atoms with Gasteiger partial charge in [0.2, 0.25) is 10.0 Å². The molecule has 1 aliphatic rings. The van der Waals surface area contributed by atoms with E-state index in [0.29, 0.717) is 12.1 Å². The molecular formula is C17H22N4O3S. The van der Waals surface area contributed by atoms with Crippen LogP contribution in [0.25, 0.3) is 5.69 Å². The molecule has 0 unspecified atom stereocenters. The summed E-state index contributed by atoms with van der Waals surface area (Å²) in [7, 11) is -3.22. The predicted octanol–water partition coefficient (Wildman–Crippen LogP) is 1.32. The summed E-state index contributed by atoms with van der Waals surface area (Å²) in [5, 5.41) is 3.06. The van der Waals surface area contributed by atoms with Gasteiger partial charge in [0.05, 0.1) is 12.6 Å². The van der Waals surface area contributed by atoms with E-state index in [4.69, 9.17) is 0 Å². The molecule has 0 bridgehead atoms. The normalized spacial score (nSPS) is 20.5. The highest BCUT2D eigenvalue weighted by molar-refractivity contribution is 7.88. The topological polar surface area (TPSA) is 93.1 Å². The molecule has 1 aliphatic carbocycles. The third kappa shape index (κ3) is 4.67. The quantitative estimate of drug-likeness (QED) is 0.810. The van der Waals surface area contributed by atoms with E-state index in [1.807, 2.05) is 29.0 Å². The number of amides is 1. The second-order valence-corrected chi connectivity index (χ2v) is 8.24. The van der Waals surface area contributed by atoms with Crippen molar-refractivity contribution < 1.29 is 13.2 Å². The highest BCUT2D eigenvalue weighted by atomic mass is 32.2. The first-order chi connectivity index (χ1) is 11.9. The van der Waals surface area contributed by atoms with Crippen LogP contribution in [0.15, 0.2) is 43.0 Å². The Balaban J connectivity index is 1.66. The highest BCUT2D eigenvalue weighted by Crippen LogP contribution is 2.25. The zero-order chi connectivity index (χ0) is 17.9. The first-order valence-corrected chi connectivity index (χ1v) is 10.2. The second kappa shape index (κ2) is 7.37. The van der Waals surface area contributed by atoms with Crippen molar-refractivity contribution in [3.8, 4) is 5.69 Å². The number of nitrogens with zero attached hydrogens (tertiary/aromatic N) is 2. The number of nitrogens with one attached hydrogen (secondary N) is 2. The summed E-state index contributed by atoms with van der Waals surface area (Å²) in [5.41, 5.74) is 1.44. The monoisotopic (exact) mass is 362 g/mol. The molecule has 2 atom stereocenters. The summed E-state index contributed by atoms with van der Waals surface area (Å²) in [6.07, 6.45) is 9.09. The summed E-state index contributed by atoms with van der Waals surface area (Å²) >= 11 is 0. The van der Waals surface area contributed by atoms with E-state index in [0.717, 1.165) is 31.2 Å². The minimum absolute atomic E-state index is 0.0151. The number of benzene rings is 1. The van der Waals surface area contributed by atoms with Crippen molar-refractivity contribution in [2.45, 2.75) is 25.3 Å². The van der Waals surface area contributed by atoms with Crippen LogP contribution in [0.4, 0.5) is 0 Å². The van der Waals surface area contributed by atoms with Crippen LogP contribution in [-0.2, 0) is 10.0 Å². The summed E-state index contributed by atoms with van der Waals surface area (Å²) in [4.78, 5) is 16.6.